The fourth-order valence-electron chi connectivity index (χ4n) is 2.73. The van der Waals surface area contributed by atoms with Crippen molar-refractivity contribution in [3.05, 3.63) is 65.7 Å². The number of hydrogen-bond acceptors (Lipinski definition) is 5. The van der Waals surface area contributed by atoms with Crippen LogP contribution in [0.3, 0.4) is 0 Å². The largest absolute Gasteiger partial charge is 0.482 e. The van der Waals surface area contributed by atoms with E-state index >= 15 is 0 Å². The first-order valence-electron chi connectivity index (χ1n) is 10.0. The molecular weight excluding hydrogens is 382 g/mol. The number of nitrogens with one attached hydrogen (secondary N) is 1. The minimum atomic E-state index is -0.863. The summed E-state index contributed by atoms with van der Waals surface area (Å²) in [6.45, 7) is 10.6. The Hall–Kier alpha value is -3.02. The summed E-state index contributed by atoms with van der Waals surface area (Å²) < 4.78 is 17.0. The lowest BCUT2D eigenvalue weighted by molar-refractivity contribution is -0.155. The van der Waals surface area contributed by atoms with Crippen molar-refractivity contribution in [2.75, 3.05) is 0 Å². The third kappa shape index (κ3) is 7.43. The smallest absolute Gasteiger partial charge is 0.408 e. The fraction of sp³-hybridized carbons (Fsp3) is 0.417. The van der Waals surface area contributed by atoms with Crippen LogP contribution in [0.5, 0.6) is 5.75 Å². The van der Waals surface area contributed by atoms with Gasteiger partial charge in [0, 0.05) is 0 Å². The quantitative estimate of drug-likeness (QED) is 0.650. The molecule has 0 radical (unpaired) electrons. The Labute approximate surface area is 178 Å². The third-order valence-corrected chi connectivity index (χ3v) is 4.23. The maximum Gasteiger partial charge on any atom is 0.408 e. The van der Waals surface area contributed by atoms with Gasteiger partial charge >= 0.3 is 12.1 Å². The zero-order valence-corrected chi connectivity index (χ0v) is 18.5. The normalized spacial score (nSPS) is 14.2. The predicted octanol–water partition coefficient (Wildman–Crippen LogP) is 4.96. The van der Waals surface area contributed by atoms with Crippen molar-refractivity contribution in [1.82, 2.24) is 5.32 Å². The molecule has 6 nitrogen and oxygen atoms in total. The first-order chi connectivity index (χ1) is 14.0. The molecule has 0 saturated carbocycles. The molecule has 0 aliphatic heterocycles. The van der Waals surface area contributed by atoms with Crippen molar-refractivity contribution in [2.45, 2.75) is 65.4 Å². The number of aryl methyl sites for hydroxylation is 1. The average Bonchev–Trinajstić information content (AvgIpc) is 2.66. The molecule has 0 aromatic heterocycles. The summed E-state index contributed by atoms with van der Waals surface area (Å²) in [6, 6.07) is 16.4. The summed E-state index contributed by atoms with van der Waals surface area (Å²) >= 11 is 0. The van der Waals surface area contributed by atoms with Crippen LogP contribution in [0.4, 0.5) is 4.79 Å². The van der Waals surface area contributed by atoms with Crippen LogP contribution < -0.4 is 10.1 Å². The van der Waals surface area contributed by atoms with Gasteiger partial charge in [-0.2, -0.15) is 0 Å². The number of alkyl carbamates (subject to hydrolysis) is 1. The second-order valence-corrected chi connectivity index (χ2v) is 8.27. The van der Waals surface area contributed by atoms with Crippen LogP contribution in [0.25, 0.3) is 0 Å². The third-order valence-electron chi connectivity index (χ3n) is 4.23. The van der Waals surface area contributed by atoms with Gasteiger partial charge in [-0.15, -0.1) is 0 Å². The summed E-state index contributed by atoms with van der Waals surface area (Å²) in [5.74, 6) is 0.105. The molecule has 0 heterocycles. The van der Waals surface area contributed by atoms with Crippen molar-refractivity contribution < 1.29 is 23.8 Å². The zero-order valence-electron chi connectivity index (χ0n) is 18.5. The molecule has 2 aromatic rings. The van der Waals surface area contributed by atoms with Gasteiger partial charge in [0.25, 0.3) is 0 Å². The Morgan fingerprint density at radius 2 is 1.53 bits per heavy atom. The van der Waals surface area contributed by atoms with Gasteiger partial charge in [-0.25, -0.2) is 9.59 Å². The van der Waals surface area contributed by atoms with Crippen LogP contribution in [-0.4, -0.2) is 29.8 Å². The number of benzene rings is 2. The van der Waals surface area contributed by atoms with Crippen LogP contribution in [0.1, 0.15) is 51.8 Å². The maximum absolute atomic E-state index is 12.5. The lowest BCUT2D eigenvalue weighted by Crippen LogP contribution is -2.43. The van der Waals surface area contributed by atoms with E-state index in [1.807, 2.05) is 61.5 Å². The molecule has 0 unspecified atom stereocenters. The monoisotopic (exact) mass is 413 g/mol. The highest BCUT2D eigenvalue weighted by Crippen LogP contribution is 2.27. The SMILES string of the molecule is Cc1ccc([C@@H](Oc2ccccc2)[C@H](C)OC(=O)[C@H](C)NC(=O)OC(C)(C)C)cc1. The maximum atomic E-state index is 12.5. The highest BCUT2D eigenvalue weighted by molar-refractivity contribution is 5.81. The number of esters is 1. The van der Waals surface area contributed by atoms with Crippen LogP contribution in [0.2, 0.25) is 0 Å². The summed E-state index contributed by atoms with van der Waals surface area (Å²) in [5, 5.41) is 2.50. The summed E-state index contributed by atoms with van der Waals surface area (Å²) in [7, 11) is 0. The van der Waals surface area contributed by atoms with E-state index in [9.17, 15) is 9.59 Å². The van der Waals surface area contributed by atoms with Crippen LogP contribution in [-0.2, 0) is 14.3 Å². The standard InChI is InChI=1S/C24H31NO5/c1-16-12-14-19(15-13-16)21(29-20-10-8-7-9-11-20)18(3)28-22(26)17(2)25-23(27)30-24(4,5)6/h7-15,17-18,21H,1-6H3,(H,25,27)/t17-,18-,21-/m0/s1. The topological polar surface area (TPSA) is 73.9 Å². The molecule has 6 heteroatoms. The van der Waals surface area contributed by atoms with Gasteiger partial charge in [0.1, 0.15) is 23.5 Å². The predicted molar refractivity (Wildman–Crippen MR) is 115 cm³/mol. The molecule has 30 heavy (non-hydrogen) atoms. The molecule has 162 valence electrons. The lowest BCUT2D eigenvalue weighted by atomic mass is 10.0. The molecule has 1 amide bonds. The summed E-state index contributed by atoms with van der Waals surface area (Å²) in [4.78, 5) is 24.5. The Balaban J connectivity index is 2.09. The zero-order chi connectivity index (χ0) is 22.3. The van der Waals surface area contributed by atoms with E-state index in [1.165, 1.54) is 0 Å². The molecule has 2 rings (SSSR count). The first kappa shape index (κ1) is 23.3. The number of ether oxygens (including phenoxy) is 3. The molecular formula is C24H31NO5. The van der Waals surface area contributed by atoms with Gasteiger partial charge in [-0.3, -0.25) is 0 Å². The van der Waals surface area contributed by atoms with E-state index in [2.05, 4.69) is 5.32 Å². The molecule has 0 spiro atoms. The highest BCUT2D eigenvalue weighted by Gasteiger charge is 2.28. The minimum absolute atomic E-state index is 0.509. The fourth-order valence-corrected chi connectivity index (χ4v) is 2.73. The van der Waals surface area contributed by atoms with Gasteiger partial charge in [0.05, 0.1) is 0 Å². The number of para-hydroxylation sites is 1. The Kier molecular flexibility index (Phi) is 7.86. The molecule has 1 N–H and O–H groups in total. The number of carbonyl (C=O) groups is 2. The second-order valence-electron chi connectivity index (χ2n) is 8.27. The molecule has 0 fully saturated rings. The minimum Gasteiger partial charge on any atom is -0.482 e. The van der Waals surface area contributed by atoms with E-state index in [-0.39, 0.29) is 0 Å². The van der Waals surface area contributed by atoms with Gasteiger partial charge in [-0.05, 0) is 59.2 Å². The average molecular weight is 414 g/mol. The van der Waals surface area contributed by atoms with Crippen molar-refractivity contribution in [3.63, 3.8) is 0 Å². The Morgan fingerprint density at radius 3 is 2.10 bits per heavy atom. The number of hydrogen-bond donors (Lipinski definition) is 1. The van der Waals surface area contributed by atoms with Gasteiger partial charge < -0.3 is 19.5 Å². The molecule has 0 saturated heterocycles. The number of amides is 1. The van der Waals surface area contributed by atoms with E-state index in [4.69, 9.17) is 14.2 Å². The lowest BCUT2D eigenvalue weighted by Gasteiger charge is -2.27. The summed E-state index contributed by atoms with van der Waals surface area (Å²) in [5.41, 5.74) is 1.36. The molecule has 0 bridgehead atoms. The first-order valence-corrected chi connectivity index (χ1v) is 10.0. The number of carbonyl (C=O) groups excluding carboxylic acids is 2. The van der Waals surface area contributed by atoms with Crippen LogP contribution >= 0.6 is 0 Å². The number of rotatable bonds is 7. The van der Waals surface area contributed by atoms with E-state index in [0.29, 0.717) is 5.75 Å². The Bertz CT molecular complexity index is 827. The Morgan fingerprint density at radius 1 is 0.933 bits per heavy atom. The van der Waals surface area contributed by atoms with Crippen LogP contribution in [0.15, 0.2) is 54.6 Å². The molecule has 0 aliphatic carbocycles. The summed E-state index contributed by atoms with van der Waals surface area (Å²) in [6.07, 6.45) is -1.77. The van der Waals surface area contributed by atoms with Gasteiger partial charge in [0.15, 0.2) is 6.10 Å². The molecule has 3 atom stereocenters. The van der Waals surface area contributed by atoms with Crippen molar-refractivity contribution >= 4 is 12.1 Å². The van der Waals surface area contributed by atoms with Crippen LogP contribution in [0, 0.1) is 6.92 Å². The highest BCUT2D eigenvalue weighted by atomic mass is 16.6. The molecule has 2 aromatic carbocycles. The van der Waals surface area contributed by atoms with E-state index in [0.717, 1.165) is 11.1 Å². The second kappa shape index (κ2) is 10.1. The molecule has 0 aliphatic rings. The van der Waals surface area contributed by atoms with Gasteiger partial charge in [0.2, 0.25) is 0 Å². The van der Waals surface area contributed by atoms with Crippen molar-refractivity contribution in [1.29, 1.82) is 0 Å². The van der Waals surface area contributed by atoms with E-state index in [1.54, 1.807) is 34.6 Å². The van der Waals surface area contributed by atoms with Crippen molar-refractivity contribution in [2.24, 2.45) is 0 Å². The van der Waals surface area contributed by atoms with Gasteiger partial charge in [-0.1, -0.05) is 48.0 Å². The van der Waals surface area contributed by atoms with E-state index < -0.39 is 35.9 Å². The van der Waals surface area contributed by atoms with Crippen molar-refractivity contribution in [3.8, 4) is 5.75 Å².